The molecule has 0 radical (unpaired) electrons. The van der Waals surface area contributed by atoms with Gasteiger partial charge < -0.3 is 15.0 Å². The van der Waals surface area contributed by atoms with Crippen molar-refractivity contribution in [3.8, 4) is 0 Å². The summed E-state index contributed by atoms with van der Waals surface area (Å²) >= 11 is 0. The largest absolute Gasteiger partial charge is 0.378 e. The third kappa shape index (κ3) is 3.23. The number of urea groups is 1. The van der Waals surface area contributed by atoms with Crippen molar-refractivity contribution in [1.82, 2.24) is 10.2 Å². The number of hydrogen-bond acceptors (Lipinski definition) is 2. The number of carbonyl (C=O) groups excluding carboxylic acids is 1. The summed E-state index contributed by atoms with van der Waals surface area (Å²) in [5.74, 6) is 0.620. The van der Waals surface area contributed by atoms with E-state index in [1.54, 1.807) is 0 Å². The summed E-state index contributed by atoms with van der Waals surface area (Å²) in [6, 6.07) is 0.0675. The van der Waals surface area contributed by atoms with Crippen LogP contribution in [0.4, 0.5) is 4.79 Å². The number of rotatable bonds is 2. The average molecular weight is 224 g/mol. The first kappa shape index (κ1) is 11.5. The van der Waals surface area contributed by atoms with E-state index in [1.807, 2.05) is 4.90 Å². The maximum absolute atomic E-state index is 11.8. The normalized spacial score (nSPS) is 25.5. The smallest absolute Gasteiger partial charge is 0.317 e. The molecular formula is C12H20N2O2. The molecule has 2 aliphatic rings. The summed E-state index contributed by atoms with van der Waals surface area (Å²) in [5.41, 5.74) is 0. The summed E-state index contributed by atoms with van der Waals surface area (Å²) in [6.07, 6.45) is 7.89. The van der Waals surface area contributed by atoms with Crippen molar-refractivity contribution in [2.75, 3.05) is 32.8 Å². The van der Waals surface area contributed by atoms with E-state index in [4.69, 9.17) is 4.74 Å². The molecule has 0 saturated carbocycles. The molecule has 1 saturated heterocycles. The minimum Gasteiger partial charge on any atom is -0.378 e. The third-order valence-electron chi connectivity index (χ3n) is 3.22. The van der Waals surface area contributed by atoms with Crippen LogP contribution in [0.5, 0.6) is 0 Å². The number of amides is 2. The van der Waals surface area contributed by atoms with E-state index in [-0.39, 0.29) is 6.03 Å². The van der Waals surface area contributed by atoms with Gasteiger partial charge in [-0.1, -0.05) is 12.2 Å². The summed E-state index contributed by atoms with van der Waals surface area (Å²) in [6.45, 7) is 3.58. The molecule has 90 valence electrons. The number of nitrogens with one attached hydrogen (secondary N) is 1. The Morgan fingerprint density at radius 2 is 2.19 bits per heavy atom. The zero-order valence-electron chi connectivity index (χ0n) is 9.65. The molecule has 4 nitrogen and oxygen atoms in total. The second kappa shape index (κ2) is 5.89. The van der Waals surface area contributed by atoms with E-state index in [9.17, 15) is 4.79 Å². The number of carbonyl (C=O) groups is 1. The molecule has 1 heterocycles. The lowest BCUT2D eigenvalue weighted by atomic mass is 9.94. The van der Waals surface area contributed by atoms with Gasteiger partial charge in [-0.15, -0.1) is 0 Å². The van der Waals surface area contributed by atoms with Crippen molar-refractivity contribution in [3.63, 3.8) is 0 Å². The van der Waals surface area contributed by atoms with Gasteiger partial charge in [-0.25, -0.2) is 4.79 Å². The molecule has 16 heavy (non-hydrogen) atoms. The highest BCUT2D eigenvalue weighted by atomic mass is 16.5. The fourth-order valence-electron chi connectivity index (χ4n) is 2.15. The molecule has 2 amide bonds. The van der Waals surface area contributed by atoms with Gasteiger partial charge in [0.2, 0.25) is 0 Å². The lowest BCUT2D eigenvalue weighted by molar-refractivity contribution is 0.0529. The molecule has 0 aromatic heterocycles. The number of morpholine rings is 1. The Balaban J connectivity index is 1.68. The van der Waals surface area contributed by atoms with Gasteiger partial charge in [-0.05, 0) is 25.2 Å². The highest BCUT2D eigenvalue weighted by molar-refractivity contribution is 5.74. The van der Waals surface area contributed by atoms with Gasteiger partial charge >= 0.3 is 6.03 Å². The lowest BCUT2D eigenvalue weighted by Gasteiger charge is -2.28. The van der Waals surface area contributed by atoms with Crippen molar-refractivity contribution in [2.45, 2.75) is 19.3 Å². The Morgan fingerprint density at radius 3 is 2.88 bits per heavy atom. The van der Waals surface area contributed by atoms with Crippen LogP contribution in [0.15, 0.2) is 12.2 Å². The molecule has 1 aliphatic carbocycles. The number of allylic oxidation sites excluding steroid dienone is 2. The Labute approximate surface area is 96.6 Å². The van der Waals surface area contributed by atoms with Gasteiger partial charge in [0.1, 0.15) is 0 Å². The topological polar surface area (TPSA) is 41.6 Å². The Bertz CT molecular complexity index is 260. The Kier molecular flexibility index (Phi) is 4.22. The second-order valence-corrected chi connectivity index (χ2v) is 4.44. The van der Waals surface area contributed by atoms with Crippen LogP contribution in [-0.4, -0.2) is 43.8 Å². The third-order valence-corrected chi connectivity index (χ3v) is 3.22. The van der Waals surface area contributed by atoms with Crippen LogP contribution in [0, 0.1) is 5.92 Å². The number of hydrogen-bond donors (Lipinski definition) is 1. The Hall–Kier alpha value is -1.03. The first-order chi connectivity index (χ1) is 7.86. The first-order valence-electron chi connectivity index (χ1n) is 6.12. The second-order valence-electron chi connectivity index (χ2n) is 4.44. The minimum atomic E-state index is 0.0675. The zero-order chi connectivity index (χ0) is 11.2. The van der Waals surface area contributed by atoms with Gasteiger partial charge in [0.05, 0.1) is 13.2 Å². The first-order valence-corrected chi connectivity index (χ1v) is 6.12. The molecule has 1 fully saturated rings. The van der Waals surface area contributed by atoms with E-state index in [0.717, 1.165) is 32.5 Å². The summed E-state index contributed by atoms with van der Waals surface area (Å²) < 4.78 is 5.21. The maximum Gasteiger partial charge on any atom is 0.317 e. The highest BCUT2D eigenvalue weighted by Gasteiger charge is 2.17. The maximum atomic E-state index is 11.8. The van der Waals surface area contributed by atoms with Crippen LogP contribution in [0.3, 0.4) is 0 Å². The molecule has 1 aliphatic heterocycles. The van der Waals surface area contributed by atoms with Gasteiger partial charge in [0.15, 0.2) is 0 Å². The molecule has 1 unspecified atom stereocenters. The lowest BCUT2D eigenvalue weighted by Crippen LogP contribution is -2.47. The Morgan fingerprint density at radius 1 is 1.38 bits per heavy atom. The van der Waals surface area contributed by atoms with Crippen LogP contribution in [0.2, 0.25) is 0 Å². The monoisotopic (exact) mass is 224 g/mol. The standard InChI is InChI=1S/C12H20N2O2/c15-12(14-6-8-16-9-7-14)13-10-11-4-2-1-3-5-11/h1-2,11H,3-10H2,(H,13,15). The average Bonchev–Trinajstić information content (AvgIpc) is 2.38. The SMILES string of the molecule is O=C(NCC1CC=CCC1)N1CCOCC1. The predicted molar refractivity (Wildman–Crippen MR) is 62.3 cm³/mol. The van der Waals surface area contributed by atoms with Crippen molar-refractivity contribution in [3.05, 3.63) is 12.2 Å². The van der Waals surface area contributed by atoms with E-state index >= 15 is 0 Å². The predicted octanol–water partition coefficient (Wildman–Crippen LogP) is 1.38. The molecule has 0 bridgehead atoms. The van der Waals surface area contributed by atoms with E-state index in [0.29, 0.717) is 19.1 Å². The molecule has 0 aromatic carbocycles. The van der Waals surface area contributed by atoms with Crippen molar-refractivity contribution in [2.24, 2.45) is 5.92 Å². The quantitative estimate of drug-likeness (QED) is 0.720. The van der Waals surface area contributed by atoms with E-state index < -0.39 is 0 Å². The number of ether oxygens (including phenoxy) is 1. The van der Waals surface area contributed by atoms with E-state index in [1.165, 1.54) is 6.42 Å². The van der Waals surface area contributed by atoms with Crippen LogP contribution >= 0.6 is 0 Å². The fourth-order valence-corrected chi connectivity index (χ4v) is 2.15. The van der Waals surface area contributed by atoms with Gasteiger partial charge in [-0.3, -0.25) is 0 Å². The number of nitrogens with zero attached hydrogens (tertiary/aromatic N) is 1. The van der Waals surface area contributed by atoms with Crippen LogP contribution in [0.25, 0.3) is 0 Å². The molecular weight excluding hydrogens is 204 g/mol. The van der Waals surface area contributed by atoms with Gasteiger partial charge in [0.25, 0.3) is 0 Å². The fraction of sp³-hybridized carbons (Fsp3) is 0.750. The molecule has 2 rings (SSSR count). The van der Waals surface area contributed by atoms with Crippen molar-refractivity contribution in [1.29, 1.82) is 0 Å². The molecule has 1 atom stereocenters. The summed E-state index contributed by atoms with van der Waals surface area (Å²) in [5, 5.41) is 3.02. The van der Waals surface area contributed by atoms with Crippen molar-refractivity contribution >= 4 is 6.03 Å². The molecule has 1 N–H and O–H groups in total. The van der Waals surface area contributed by atoms with Crippen molar-refractivity contribution < 1.29 is 9.53 Å². The molecule has 4 heteroatoms. The van der Waals surface area contributed by atoms with Gasteiger partial charge in [0, 0.05) is 19.6 Å². The van der Waals surface area contributed by atoms with Crippen LogP contribution < -0.4 is 5.32 Å². The minimum absolute atomic E-state index is 0.0675. The van der Waals surface area contributed by atoms with Crippen LogP contribution in [0.1, 0.15) is 19.3 Å². The zero-order valence-corrected chi connectivity index (χ0v) is 9.65. The molecule has 0 spiro atoms. The summed E-state index contributed by atoms with van der Waals surface area (Å²) in [7, 11) is 0. The van der Waals surface area contributed by atoms with Gasteiger partial charge in [-0.2, -0.15) is 0 Å². The van der Waals surface area contributed by atoms with E-state index in [2.05, 4.69) is 17.5 Å². The summed E-state index contributed by atoms with van der Waals surface area (Å²) in [4.78, 5) is 13.6. The molecule has 0 aromatic rings. The van der Waals surface area contributed by atoms with Crippen LogP contribution in [-0.2, 0) is 4.74 Å². The highest BCUT2D eigenvalue weighted by Crippen LogP contribution is 2.16.